The molecular formula is C36H60ClNO2. The molecule has 228 valence electrons. The fourth-order valence-electron chi connectivity index (χ4n) is 4.43. The number of hydrogen-bond donors (Lipinski definition) is 1. The van der Waals surface area contributed by atoms with Crippen LogP contribution < -0.4 is 5.32 Å². The highest BCUT2D eigenvalue weighted by Gasteiger charge is 2.35. The second-order valence-electron chi connectivity index (χ2n) is 11.2. The highest BCUT2D eigenvalue weighted by atomic mass is 35.5. The molecule has 2 aromatic carbocycles. The van der Waals surface area contributed by atoms with Crippen LogP contribution in [0.5, 0.6) is 0 Å². The lowest BCUT2D eigenvalue weighted by molar-refractivity contribution is -0.127. The van der Waals surface area contributed by atoms with Gasteiger partial charge in [0, 0.05) is 5.02 Å². The van der Waals surface area contributed by atoms with Crippen LogP contribution in [-0.4, -0.2) is 11.7 Å². The van der Waals surface area contributed by atoms with Gasteiger partial charge in [-0.2, -0.15) is 0 Å². The molecule has 40 heavy (non-hydrogen) atoms. The number of Topliss-reactive ketones (excluding diaryl/α,β-unsaturated/α-hetero) is 1. The second-order valence-corrected chi connectivity index (χ2v) is 11.6. The van der Waals surface area contributed by atoms with E-state index < -0.39 is 5.41 Å². The van der Waals surface area contributed by atoms with E-state index in [1.165, 1.54) is 46.0 Å². The number of nitrogens with one attached hydrogen (secondary N) is 1. The Hall–Kier alpha value is -2.13. The van der Waals surface area contributed by atoms with Crippen LogP contribution in [0.3, 0.4) is 0 Å². The molecule has 2 rings (SSSR count). The van der Waals surface area contributed by atoms with Gasteiger partial charge in [0.1, 0.15) is 5.78 Å². The van der Waals surface area contributed by atoms with Gasteiger partial charge in [0.25, 0.3) is 0 Å². The molecule has 0 aliphatic rings. The molecule has 0 radical (unpaired) electrons. The predicted octanol–water partition coefficient (Wildman–Crippen LogP) is 11.2. The zero-order chi connectivity index (χ0) is 31.1. The lowest BCUT2D eigenvalue weighted by Gasteiger charge is -2.31. The Balaban J connectivity index is 0. The van der Waals surface area contributed by atoms with Gasteiger partial charge in [0.05, 0.1) is 11.5 Å². The first-order chi connectivity index (χ1) is 18.9. The Morgan fingerprint density at radius 2 is 1.38 bits per heavy atom. The maximum atomic E-state index is 13.3. The summed E-state index contributed by atoms with van der Waals surface area (Å²) in [5.41, 5.74) is 2.61. The summed E-state index contributed by atoms with van der Waals surface area (Å²) in [7, 11) is 0. The number of carbonyl (C=O) groups excluding carboxylic acids is 2. The van der Waals surface area contributed by atoms with Crippen LogP contribution >= 0.6 is 11.6 Å². The van der Waals surface area contributed by atoms with Crippen molar-refractivity contribution in [2.24, 2.45) is 5.92 Å². The van der Waals surface area contributed by atoms with Crippen LogP contribution in [-0.2, 0) is 15.0 Å². The van der Waals surface area contributed by atoms with E-state index in [1.807, 2.05) is 50.2 Å². The van der Waals surface area contributed by atoms with Crippen molar-refractivity contribution in [3.63, 3.8) is 0 Å². The molecule has 1 amide bonds. The standard InChI is InChI=1S/C22H28ClNO.C8H18.C3H6O.C3H8/c1-5-14-22(4,18-12-13-19(23)16(3)15-18)21(25)24-20(6-2)17-10-8-7-9-11-17;1-4-6-8(3)7-5-2;1-3(2)4;1-3-2/h7-13,15,20H,5-6,14H2,1-4H3,(H,24,25);8H,4-7H2,1-3H3;1-2H3;3H2,1-2H3/t20-,22?;;;/m0.../s1. The van der Waals surface area contributed by atoms with Crippen molar-refractivity contribution in [3.05, 3.63) is 70.2 Å². The third-order valence-electron chi connectivity index (χ3n) is 6.52. The van der Waals surface area contributed by atoms with Gasteiger partial charge in [-0.3, -0.25) is 4.79 Å². The first-order valence-electron chi connectivity index (χ1n) is 15.5. The van der Waals surface area contributed by atoms with Crippen LogP contribution in [0.4, 0.5) is 0 Å². The molecule has 0 saturated carbocycles. The number of halogens is 1. The molecule has 0 aromatic heterocycles. The molecule has 0 heterocycles. The molecule has 0 aliphatic carbocycles. The molecule has 0 fully saturated rings. The van der Waals surface area contributed by atoms with E-state index in [4.69, 9.17) is 11.6 Å². The van der Waals surface area contributed by atoms with Crippen molar-refractivity contribution in [1.82, 2.24) is 5.32 Å². The van der Waals surface area contributed by atoms with Gasteiger partial charge >= 0.3 is 0 Å². The summed E-state index contributed by atoms with van der Waals surface area (Å²) in [5, 5.41) is 4.00. The SMILES string of the molecule is CC(C)=O.CCC.CCCC(C)(C(=O)N[C@@H](CC)c1ccccc1)c1ccc(Cl)c(C)c1.CCCC(C)CCC. The normalized spacial score (nSPS) is 12.3. The van der Waals surface area contributed by atoms with Gasteiger partial charge in [-0.25, -0.2) is 0 Å². The number of benzene rings is 2. The van der Waals surface area contributed by atoms with E-state index in [2.05, 4.69) is 65.9 Å². The Bertz CT molecular complexity index is 918. The van der Waals surface area contributed by atoms with Crippen molar-refractivity contribution >= 4 is 23.3 Å². The van der Waals surface area contributed by atoms with E-state index in [9.17, 15) is 9.59 Å². The minimum atomic E-state index is -0.563. The Labute approximate surface area is 252 Å². The Morgan fingerprint density at radius 3 is 1.77 bits per heavy atom. The summed E-state index contributed by atoms with van der Waals surface area (Å²) < 4.78 is 0. The van der Waals surface area contributed by atoms with Crippen LogP contribution in [0.2, 0.25) is 5.02 Å². The molecule has 1 N–H and O–H groups in total. The number of rotatable bonds is 11. The summed E-state index contributed by atoms with van der Waals surface area (Å²) >= 11 is 6.17. The van der Waals surface area contributed by atoms with E-state index in [1.54, 1.807) is 0 Å². The van der Waals surface area contributed by atoms with Crippen molar-refractivity contribution < 1.29 is 9.59 Å². The van der Waals surface area contributed by atoms with Crippen molar-refractivity contribution in [3.8, 4) is 0 Å². The summed E-state index contributed by atoms with van der Waals surface area (Å²) in [4.78, 5) is 22.7. The van der Waals surface area contributed by atoms with E-state index in [-0.39, 0.29) is 17.7 Å². The van der Waals surface area contributed by atoms with E-state index in [0.29, 0.717) is 0 Å². The van der Waals surface area contributed by atoms with Crippen LogP contribution in [0.1, 0.15) is 143 Å². The third kappa shape index (κ3) is 16.9. The molecule has 0 spiro atoms. The van der Waals surface area contributed by atoms with Crippen LogP contribution in [0, 0.1) is 12.8 Å². The zero-order valence-corrected chi connectivity index (χ0v) is 28.4. The number of ketones is 1. The molecule has 0 aliphatic heterocycles. The second kappa shape index (κ2) is 23.6. The largest absolute Gasteiger partial charge is 0.349 e. The van der Waals surface area contributed by atoms with Gasteiger partial charge in [-0.15, -0.1) is 0 Å². The number of hydrogen-bond acceptors (Lipinski definition) is 2. The molecule has 3 nitrogen and oxygen atoms in total. The zero-order valence-electron chi connectivity index (χ0n) is 27.6. The average Bonchev–Trinajstić information content (AvgIpc) is 2.90. The minimum absolute atomic E-state index is 0.0262. The molecule has 0 bridgehead atoms. The van der Waals surface area contributed by atoms with Gasteiger partial charge in [-0.05, 0) is 69.2 Å². The molecule has 2 atom stereocenters. The van der Waals surface area contributed by atoms with Gasteiger partial charge in [0.15, 0.2) is 0 Å². The Kier molecular flexibility index (Phi) is 23.6. The highest BCUT2D eigenvalue weighted by Crippen LogP contribution is 2.33. The topological polar surface area (TPSA) is 46.2 Å². The minimum Gasteiger partial charge on any atom is -0.349 e. The molecule has 0 saturated heterocycles. The van der Waals surface area contributed by atoms with Crippen molar-refractivity contribution in [2.45, 2.75) is 139 Å². The monoisotopic (exact) mass is 573 g/mol. The average molecular weight is 574 g/mol. The fraction of sp³-hybridized carbons (Fsp3) is 0.611. The predicted molar refractivity (Wildman–Crippen MR) is 177 cm³/mol. The molecule has 4 heteroatoms. The molecule has 1 unspecified atom stereocenters. The fourth-order valence-corrected chi connectivity index (χ4v) is 4.55. The molecule has 2 aromatic rings. The number of carbonyl (C=O) groups is 2. The quantitative estimate of drug-likeness (QED) is 0.290. The van der Waals surface area contributed by atoms with Crippen molar-refractivity contribution in [2.75, 3.05) is 0 Å². The first-order valence-corrected chi connectivity index (χ1v) is 15.8. The van der Waals surface area contributed by atoms with Crippen LogP contribution in [0.25, 0.3) is 0 Å². The first kappa shape index (κ1) is 40.0. The summed E-state index contributed by atoms with van der Waals surface area (Å²) in [6.45, 7) is 22.4. The lowest BCUT2D eigenvalue weighted by atomic mass is 9.77. The number of aryl methyl sites for hydroxylation is 1. The highest BCUT2D eigenvalue weighted by molar-refractivity contribution is 6.31. The summed E-state index contributed by atoms with van der Waals surface area (Å²) in [6.07, 6.45) is 9.36. The summed E-state index contributed by atoms with van der Waals surface area (Å²) in [6, 6.07) is 16.1. The summed E-state index contributed by atoms with van der Waals surface area (Å²) in [5.74, 6) is 1.21. The van der Waals surface area contributed by atoms with Crippen LogP contribution in [0.15, 0.2) is 48.5 Å². The maximum Gasteiger partial charge on any atom is 0.230 e. The Morgan fingerprint density at radius 1 is 0.875 bits per heavy atom. The van der Waals surface area contributed by atoms with Gasteiger partial charge < -0.3 is 10.1 Å². The third-order valence-corrected chi connectivity index (χ3v) is 6.95. The van der Waals surface area contributed by atoms with Crippen molar-refractivity contribution in [1.29, 1.82) is 0 Å². The number of amides is 1. The van der Waals surface area contributed by atoms with E-state index in [0.717, 1.165) is 46.9 Å². The van der Waals surface area contributed by atoms with Gasteiger partial charge in [-0.1, -0.05) is 141 Å². The maximum absolute atomic E-state index is 13.3. The lowest BCUT2D eigenvalue weighted by Crippen LogP contribution is -2.43. The smallest absolute Gasteiger partial charge is 0.230 e. The van der Waals surface area contributed by atoms with E-state index >= 15 is 0 Å². The molecular weight excluding hydrogens is 514 g/mol. The van der Waals surface area contributed by atoms with Gasteiger partial charge in [0.2, 0.25) is 5.91 Å².